The van der Waals surface area contributed by atoms with Gasteiger partial charge >= 0.3 is 0 Å². The van der Waals surface area contributed by atoms with E-state index >= 15 is 0 Å². The van der Waals surface area contributed by atoms with Gasteiger partial charge in [-0.05, 0) is 55.5 Å². The van der Waals surface area contributed by atoms with Crippen molar-refractivity contribution in [2.75, 3.05) is 16.2 Å². The van der Waals surface area contributed by atoms with Crippen molar-refractivity contribution in [3.63, 3.8) is 0 Å². The number of carbonyl (C=O) groups is 1. The molecule has 1 heterocycles. The number of para-hydroxylation sites is 1. The lowest BCUT2D eigenvalue weighted by Crippen LogP contribution is -2.30. The number of anilines is 2. The van der Waals surface area contributed by atoms with Gasteiger partial charge in [-0.2, -0.15) is 0 Å². The van der Waals surface area contributed by atoms with Crippen molar-refractivity contribution < 1.29 is 13.2 Å². The Balaban J connectivity index is 1.55. The molecule has 3 aromatic carbocycles. The van der Waals surface area contributed by atoms with Gasteiger partial charge in [0.2, 0.25) is 0 Å². The highest BCUT2D eigenvalue weighted by Gasteiger charge is 2.24. The highest BCUT2D eigenvalue weighted by Crippen LogP contribution is 2.35. The Kier molecular flexibility index (Phi) is 6.39. The fourth-order valence-corrected chi connectivity index (χ4v) is 5.91. The normalized spacial score (nSPS) is 11.5. The van der Waals surface area contributed by atoms with Crippen LogP contribution in [0.1, 0.15) is 17.3 Å². The van der Waals surface area contributed by atoms with Gasteiger partial charge in [0.05, 0.1) is 25.3 Å². The summed E-state index contributed by atoms with van der Waals surface area (Å²) >= 11 is 13.5. The molecule has 0 radical (unpaired) electrons. The molecule has 164 valence electrons. The molecule has 1 aromatic heterocycles. The predicted octanol–water partition coefficient (Wildman–Crippen LogP) is 6.07. The molecule has 0 bridgehead atoms. The van der Waals surface area contributed by atoms with Crippen LogP contribution in [0.4, 0.5) is 10.8 Å². The van der Waals surface area contributed by atoms with Crippen LogP contribution in [0.2, 0.25) is 10.0 Å². The third kappa shape index (κ3) is 4.31. The Hall–Kier alpha value is -2.65. The summed E-state index contributed by atoms with van der Waals surface area (Å²) in [5.74, 6) is -0.411. The molecule has 0 saturated carbocycles. The second kappa shape index (κ2) is 9.07. The first kappa shape index (κ1) is 22.5. The second-order valence-electron chi connectivity index (χ2n) is 6.71. The standard InChI is InChI=1S/C22H17Cl2N3O3S2/c1-2-27(15-6-4-3-5-7-15)32(29,30)16-10-8-14(9-11-16)21(28)26-22-25-20-18(31-22)13-12-17(23)19(20)24/h3-13H,2H2,1H3,(H,25,26,28). The second-order valence-corrected chi connectivity index (χ2v) is 10.4. The van der Waals surface area contributed by atoms with Gasteiger partial charge in [0, 0.05) is 12.1 Å². The molecule has 4 aromatic rings. The molecular weight excluding hydrogens is 489 g/mol. The van der Waals surface area contributed by atoms with Gasteiger partial charge in [0.1, 0.15) is 5.52 Å². The van der Waals surface area contributed by atoms with Crippen LogP contribution in [0.5, 0.6) is 0 Å². The number of thiazole rings is 1. The van der Waals surface area contributed by atoms with Crippen LogP contribution in [-0.2, 0) is 10.0 Å². The molecular formula is C22H17Cl2N3O3S2. The van der Waals surface area contributed by atoms with E-state index in [1.165, 1.54) is 39.9 Å². The van der Waals surface area contributed by atoms with E-state index in [2.05, 4.69) is 10.3 Å². The summed E-state index contributed by atoms with van der Waals surface area (Å²) in [6.45, 7) is 2.04. The summed E-state index contributed by atoms with van der Waals surface area (Å²) in [7, 11) is -3.77. The third-order valence-corrected chi connectivity index (χ3v) is 8.36. The highest BCUT2D eigenvalue weighted by atomic mass is 35.5. The first-order valence-corrected chi connectivity index (χ1v) is 12.6. The monoisotopic (exact) mass is 505 g/mol. The average molecular weight is 506 g/mol. The van der Waals surface area contributed by atoms with Crippen LogP contribution in [0.15, 0.2) is 71.6 Å². The molecule has 0 aliphatic heterocycles. The lowest BCUT2D eigenvalue weighted by molar-refractivity contribution is 0.102. The SMILES string of the molecule is CCN(c1ccccc1)S(=O)(=O)c1ccc(C(=O)Nc2nc3c(Cl)c(Cl)ccc3s2)cc1. The minimum atomic E-state index is -3.77. The van der Waals surface area contributed by atoms with Crippen LogP contribution in [0.25, 0.3) is 10.2 Å². The first-order chi connectivity index (χ1) is 15.3. The average Bonchev–Trinajstić information content (AvgIpc) is 3.21. The zero-order chi connectivity index (χ0) is 22.9. The van der Waals surface area contributed by atoms with Gasteiger partial charge in [0.15, 0.2) is 5.13 Å². The number of halogens is 2. The highest BCUT2D eigenvalue weighted by molar-refractivity contribution is 7.92. The van der Waals surface area contributed by atoms with Crippen LogP contribution in [0.3, 0.4) is 0 Å². The van der Waals surface area contributed by atoms with Gasteiger partial charge in [-0.1, -0.05) is 52.7 Å². The maximum Gasteiger partial charge on any atom is 0.264 e. The number of nitrogens with zero attached hydrogens (tertiary/aromatic N) is 2. The van der Waals surface area contributed by atoms with E-state index in [1.54, 1.807) is 43.3 Å². The van der Waals surface area contributed by atoms with Crippen LogP contribution >= 0.6 is 34.5 Å². The Labute approximate surface area is 199 Å². The molecule has 0 unspecified atom stereocenters. The largest absolute Gasteiger partial charge is 0.298 e. The molecule has 1 N–H and O–H groups in total. The van der Waals surface area contributed by atoms with E-state index in [-0.39, 0.29) is 11.4 Å². The summed E-state index contributed by atoms with van der Waals surface area (Å²) in [6, 6.07) is 18.1. The van der Waals surface area contributed by atoms with E-state index < -0.39 is 15.9 Å². The summed E-state index contributed by atoms with van der Waals surface area (Å²) in [5, 5.41) is 3.80. The minimum absolute atomic E-state index is 0.0983. The number of nitrogens with one attached hydrogen (secondary N) is 1. The zero-order valence-corrected chi connectivity index (χ0v) is 19.9. The number of rotatable bonds is 6. The maximum absolute atomic E-state index is 13.1. The summed E-state index contributed by atoms with van der Waals surface area (Å²) in [4.78, 5) is 17.1. The Morgan fingerprint density at radius 1 is 1.03 bits per heavy atom. The molecule has 0 spiro atoms. The van der Waals surface area contributed by atoms with Gasteiger partial charge in [0.25, 0.3) is 15.9 Å². The number of amides is 1. The number of fused-ring (bicyclic) bond motifs is 1. The van der Waals surface area contributed by atoms with Crippen LogP contribution < -0.4 is 9.62 Å². The molecule has 6 nitrogen and oxygen atoms in total. The van der Waals surface area contributed by atoms with Crippen LogP contribution in [-0.4, -0.2) is 25.9 Å². The molecule has 4 rings (SSSR count). The fourth-order valence-electron chi connectivity index (χ4n) is 3.15. The van der Waals surface area contributed by atoms with Crippen molar-refractivity contribution in [1.82, 2.24) is 4.98 Å². The molecule has 0 fully saturated rings. The third-order valence-electron chi connectivity index (χ3n) is 4.71. The van der Waals surface area contributed by atoms with Gasteiger partial charge < -0.3 is 0 Å². The van der Waals surface area contributed by atoms with Crippen molar-refractivity contribution >= 4 is 71.5 Å². The fraction of sp³-hybridized carbons (Fsp3) is 0.0909. The summed E-state index contributed by atoms with van der Waals surface area (Å²) in [5.41, 5.74) is 1.39. The molecule has 10 heteroatoms. The van der Waals surface area contributed by atoms with Gasteiger partial charge in [-0.3, -0.25) is 14.4 Å². The van der Waals surface area contributed by atoms with Crippen molar-refractivity contribution in [3.05, 3.63) is 82.3 Å². The smallest absolute Gasteiger partial charge is 0.264 e. The van der Waals surface area contributed by atoms with E-state index in [9.17, 15) is 13.2 Å². The number of hydrogen-bond donors (Lipinski definition) is 1. The van der Waals surface area contributed by atoms with E-state index in [0.29, 0.717) is 31.9 Å². The number of sulfonamides is 1. The lowest BCUT2D eigenvalue weighted by atomic mass is 10.2. The summed E-state index contributed by atoms with van der Waals surface area (Å²) in [6.07, 6.45) is 0. The Bertz CT molecular complexity index is 1390. The van der Waals surface area contributed by atoms with E-state index in [4.69, 9.17) is 23.2 Å². The van der Waals surface area contributed by atoms with Crippen molar-refractivity contribution in [3.8, 4) is 0 Å². The number of benzene rings is 3. The van der Waals surface area contributed by atoms with Crippen molar-refractivity contribution in [2.24, 2.45) is 0 Å². The molecule has 0 aliphatic rings. The Morgan fingerprint density at radius 3 is 2.38 bits per heavy atom. The quantitative estimate of drug-likeness (QED) is 0.344. The molecule has 1 amide bonds. The topological polar surface area (TPSA) is 79.4 Å². The first-order valence-electron chi connectivity index (χ1n) is 9.55. The molecule has 0 saturated heterocycles. The maximum atomic E-state index is 13.1. The molecule has 0 atom stereocenters. The predicted molar refractivity (Wildman–Crippen MR) is 131 cm³/mol. The van der Waals surface area contributed by atoms with E-state index in [0.717, 1.165) is 4.70 Å². The van der Waals surface area contributed by atoms with Crippen molar-refractivity contribution in [1.29, 1.82) is 0 Å². The summed E-state index contributed by atoms with van der Waals surface area (Å²) < 4.78 is 28.3. The van der Waals surface area contributed by atoms with Crippen LogP contribution in [0, 0.1) is 0 Å². The van der Waals surface area contributed by atoms with Gasteiger partial charge in [-0.25, -0.2) is 13.4 Å². The minimum Gasteiger partial charge on any atom is -0.298 e. The molecule has 0 aliphatic carbocycles. The number of aromatic nitrogens is 1. The Morgan fingerprint density at radius 2 is 1.72 bits per heavy atom. The number of hydrogen-bond acceptors (Lipinski definition) is 5. The number of carbonyl (C=O) groups excluding carboxylic acids is 1. The lowest BCUT2D eigenvalue weighted by Gasteiger charge is -2.22. The van der Waals surface area contributed by atoms with Gasteiger partial charge in [-0.15, -0.1) is 0 Å². The zero-order valence-electron chi connectivity index (χ0n) is 16.7. The van der Waals surface area contributed by atoms with E-state index in [1.807, 2.05) is 6.07 Å². The molecule has 32 heavy (non-hydrogen) atoms. The van der Waals surface area contributed by atoms with Crippen molar-refractivity contribution in [2.45, 2.75) is 11.8 Å².